The molecule has 1 fully saturated rings. The van der Waals surface area contributed by atoms with Gasteiger partial charge in [-0.05, 0) is 69.7 Å². The van der Waals surface area contributed by atoms with Crippen LogP contribution in [0.25, 0.3) is 11.3 Å². The molecule has 2 aromatic rings. The summed E-state index contributed by atoms with van der Waals surface area (Å²) in [5.41, 5.74) is 1.97. The molecule has 0 aliphatic carbocycles. The first-order valence-corrected chi connectivity index (χ1v) is 13.7. The Morgan fingerprint density at radius 3 is 2.59 bits per heavy atom. The fraction of sp³-hybridized carbons (Fsp3) is 0.533. The number of β-amino-alcohol motifs (C(OH)–C–C–N with tert-alkyl or cyclic N) is 1. The van der Waals surface area contributed by atoms with Crippen molar-refractivity contribution < 1.29 is 24.2 Å². The van der Waals surface area contributed by atoms with Gasteiger partial charge >= 0.3 is 6.09 Å². The summed E-state index contributed by atoms with van der Waals surface area (Å²) in [6, 6.07) is 12.1. The number of carbonyl (C=O) groups excluding carboxylic acids is 3. The number of hydrogen-bond donors (Lipinski definition) is 3. The van der Waals surface area contributed by atoms with E-state index >= 15 is 0 Å². The van der Waals surface area contributed by atoms with E-state index in [0.29, 0.717) is 25.8 Å². The second-order valence-corrected chi connectivity index (χ2v) is 11.6. The highest BCUT2D eigenvalue weighted by Gasteiger charge is 2.32. The van der Waals surface area contributed by atoms with Crippen molar-refractivity contribution in [2.45, 2.75) is 84.1 Å². The molecule has 0 spiro atoms. The van der Waals surface area contributed by atoms with Gasteiger partial charge in [-0.25, -0.2) is 4.79 Å². The average Bonchev–Trinajstić information content (AvgIpc) is 3.04. The molecule has 0 saturated carbocycles. The van der Waals surface area contributed by atoms with Crippen LogP contribution >= 0.6 is 0 Å². The van der Waals surface area contributed by atoms with Crippen LogP contribution in [0.3, 0.4) is 0 Å². The number of pyridine rings is 1. The minimum Gasteiger partial charge on any atom is -0.444 e. The summed E-state index contributed by atoms with van der Waals surface area (Å²) in [5, 5.41) is 16.5. The third-order valence-electron chi connectivity index (χ3n) is 6.45. The van der Waals surface area contributed by atoms with Gasteiger partial charge in [-0.15, -0.1) is 0 Å². The number of aliphatic hydroxyl groups is 1. The first-order valence-electron chi connectivity index (χ1n) is 13.7. The van der Waals surface area contributed by atoms with Crippen molar-refractivity contribution >= 4 is 17.9 Å². The van der Waals surface area contributed by atoms with Gasteiger partial charge in [-0.1, -0.05) is 38.1 Å². The number of ether oxygens (including phenoxy) is 1. The molecule has 9 heteroatoms. The van der Waals surface area contributed by atoms with Gasteiger partial charge in [0.2, 0.25) is 11.8 Å². The highest BCUT2D eigenvalue weighted by Crippen LogP contribution is 2.20. The third-order valence-corrected chi connectivity index (χ3v) is 6.45. The van der Waals surface area contributed by atoms with Crippen molar-refractivity contribution in [2.75, 3.05) is 13.1 Å². The minimum absolute atomic E-state index is 0.0801. The average molecular weight is 539 g/mol. The van der Waals surface area contributed by atoms with Crippen molar-refractivity contribution in [2.24, 2.45) is 5.92 Å². The third kappa shape index (κ3) is 9.66. The molecule has 0 radical (unpaired) electrons. The largest absolute Gasteiger partial charge is 0.444 e. The van der Waals surface area contributed by atoms with E-state index in [1.165, 1.54) is 0 Å². The molecule has 0 bridgehead atoms. The molecule has 1 aromatic carbocycles. The molecular formula is C30H42N4O5. The SMILES string of the molecule is CC(C)CC(NC(=O)OC(C)(C)C)C(=O)NC1CCCN(C(=O)Cc2cccc(-c3ccccn3)c2)C[C@@H]1O. The number of carbonyl (C=O) groups is 3. The van der Waals surface area contributed by atoms with Gasteiger partial charge in [0.1, 0.15) is 11.6 Å². The van der Waals surface area contributed by atoms with Gasteiger partial charge in [0.25, 0.3) is 0 Å². The van der Waals surface area contributed by atoms with Gasteiger partial charge < -0.3 is 25.4 Å². The first-order chi connectivity index (χ1) is 18.4. The van der Waals surface area contributed by atoms with Gasteiger partial charge in [-0.2, -0.15) is 0 Å². The second-order valence-electron chi connectivity index (χ2n) is 11.6. The number of hydrogen-bond acceptors (Lipinski definition) is 6. The molecule has 1 saturated heterocycles. The Morgan fingerprint density at radius 2 is 1.92 bits per heavy atom. The lowest BCUT2D eigenvalue weighted by Gasteiger charge is -2.28. The first kappa shape index (κ1) is 30.1. The predicted molar refractivity (Wildman–Crippen MR) is 150 cm³/mol. The zero-order chi connectivity index (χ0) is 28.6. The lowest BCUT2D eigenvalue weighted by atomic mass is 10.0. The number of nitrogens with one attached hydrogen (secondary N) is 2. The fourth-order valence-corrected chi connectivity index (χ4v) is 4.63. The molecule has 9 nitrogen and oxygen atoms in total. The van der Waals surface area contributed by atoms with Crippen LogP contribution < -0.4 is 10.6 Å². The summed E-state index contributed by atoms with van der Waals surface area (Å²) >= 11 is 0. The molecule has 3 N–H and O–H groups in total. The quantitative estimate of drug-likeness (QED) is 0.471. The molecule has 1 aromatic heterocycles. The Labute approximate surface area is 231 Å². The van der Waals surface area contributed by atoms with Crippen molar-refractivity contribution in [3.05, 3.63) is 54.2 Å². The van der Waals surface area contributed by atoms with E-state index < -0.39 is 29.9 Å². The van der Waals surface area contributed by atoms with Gasteiger partial charge in [0.15, 0.2) is 0 Å². The van der Waals surface area contributed by atoms with Gasteiger partial charge in [0.05, 0.1) is 24.3 Å². The summed E-state index contributed by atoms with van der Waals surface area (Å²) in [6.45, 7) is 9.83. The smallest absolute Gasteiger partial charge is 0.408 e. The Morgan fingerprint density at radius 1 is 1.15 bits per heavy atom. The molecular weight excluding hydrogens is 496 g/mol. The number of likely N-dealkylation sites (tertiary alicyclic amines) is 1. The molecule has 212 valence electrons. The van der Waals surface area contributed by atoms with Gasteiger partial charge in [-0.3, -0.25) is 14.6 Å². The van der Waals surface area contributed by atoms with E-state index in [1.807, 2.05) is 56.3 Å². The Kier molecular flexibility index (Phi) is 10.5. The van der Waals surface area contributed by atoms with Crippen LogP contribution in [-0.2, 0) is 20.7 Å². The number of nitrogens with zero attached hydrogens (tertiary/aromatic N) is 2. The summed E-state index contributed by atoms with van der Waals surface area (Å²) < 4.78 is 5.33. The molecule has 2 unspecified atom stereocenters. The number of benzene rings is 1. The van der Waals surface area contributed by atoms with Crippen LogP contribution in [0.2, 0.25) is 0 Å². The fourth-order valence-electron chi connectivity index (χ4n) is 4.63. The van der Waals surface area contributed by atoms with Crippen molar-refractivity contribution in [1.29, 1.82) is 0 Å². The number of aliphatic hydroxyl groups excluding tert-OH is 1. The topological polar surface area (TPSA) is 121 Å². The summed E-state index contributed by atoms with van der Waals surface area (Å²) in [5.74, 6) is -0.299. The van der Waals surface area contributed by atoms with Crippen LogP contribution in [0.5, 0.6) is 0 Å². The van der Waals surface area contributed by atoms with Crippen LogP contribution in [0.15, 0.2) is 48.7 Å². The van der Waals surface area contributed by atoms with Crippen LogP contribution in [0.1, 0.15) is 59.4 Å². The summed E-state index contributed by atoms with van der Waals surface area (Å²) in [6.07, 6.45) is 1.94. The predicted octanol–water partition coefficient (Wildman–Crippen LogP) is 3.70. The van der Waals surface area contributed by atoms with E-state index in [9.17, 15) is 19.5 Å². The van der Waals surface area contributed by atoms with E-state index in [0.717, 1.165) is 16.8 Å². The Bertz CT molecular complexity index is 1120. The zero-order valence-corrected chi connectivity index (χ0v) is 23.6. The van der Waals surface area contributed by atoms with Crippen molar-refractivity contribution in [3.8, 4) is 11.3 Å². The Balaban J connectivity index is 1.60. The minimum atomic E-state index is -0.929. The molecule has 39 heavy (non-hydrogen) atoms. The van der Waals surface area contributed by atoms with Crippen LogP contribution in [-0.4, -0.2) is 69.8 Å². The summed E-state index contributed by atoms with van der Waals surface area (Å²) in [4.78, 5) is 44.7. The lowest BCUT2D eigenvalue weighted by Crippen LogP contribution is -2.54. The number of alkyl carbamates (subject to hydrolysis) is 1. The number of amides is 3. The maximum atomic E-state index is 13.2. The maximum absolute atomic E-state index is 13.2. The molecule has 3 atom stereocenters. The lowest BCUT2D eigenvalue weighted by molar-refractivity contribution is -0.131. The highest BCUT2D eigenvalue weighted by atomic mass is 16.6. The van der Waals surface area contributed by atoms with E-state index in [2.05, 4.69) is 15.6 Å². The van der Waals surface area contributed by atoms with Gasteiger partial charge in [0, 0.05) is 24.8 Å². The van der Waals surface area contributed by atoms with Crippen LogP contribution in [0.4, 0.5) is 4.79 Å². The van der Waals surface area contributed by atoms with E-state index in [1.54, 1.807) is 31.9 Å². The van der Waals surface area contributed by atoms with Crippen LogP contribution in [0, 0.1) is 5.92 Å². The van der Waals surface area contributed by atoms with Crippen molar-refractivity contribution in [1.82, 2.24) is 20.5 Å². The second kappa shape index (κ2) is 13.6. The molecule has 2 heterocycles. The Hall–Kier alpha value is -3.46. The zero-order valence-electron chi connectivity index (χ0n) is 23.6. The number of rotatable bonds is 8. The number of aromatic nitrogens is 1. The normalized spacial score (nSPS) is 18.7. The molecule has 3 amide bonds. The molecule has 1 aliphatic rings. The standard InChI is InChI=1S/C30H42N4O5/c1-20(2)16-25(33-29(38)39-30(3,4)5)28(37)32-24-13-9-15-34(19-26(24)35)27(36)18-21-10-8-11-22(17-21)23-12-6-7-14-31-23/h6-8,10-12,14,17,20,24-26,35H,9,13,15-16,18-19H2,1-5H3,(H,32,37)(H,33,38)/t24?,25?,26-/m0/s1. The maximum Gasteiger partial charge on any atom is 0.408 e. The monoisotopic (exact) mass is 538 g/mol. The van der Waals surface area contributed by atoms with Crippen molar-refractivity contribution in [3.63, 3.8) is 0 Å². The molecule has 1 aliphatic heterocycles. The summed E-state index contributed by atoms with van der Waals surface area (Å²) in [7, 11) is 0. The highest BCUT2D eigenvalue weighted by molar-refractivity contribution is 5.86. The van der Waals surface area contributed by atoms with E-state index in [4.69, 9.17) is 4.74 Å². The van der Waals surface area contributed by atoms with E-state index in [-0.39, 0.29) is 30.7 Å². The molecule has 3 rings (SSSR count).